The van der Waals surface area contributed by atoms with Crippen LogP contribution in [0.4, 0.5) is 0 Å². The molecule has 25 heavy (non-hydrogen) atoms. The van der Waals surface area contributed by atoms with Crippen LogP contribution in [0.3, 0.4) is 0 Å². The van der Waals surface area contributed by atoms with Gasteiger partial charge in [0.25, 0.3) is 0 Å². The van der Waals surface area contributed by atoms with Crippen molar-refractivity contribution in [1.29, 1.82) is 0 Å². The summed E-state index contributed by atoms with van der Waals surface area (Å²) in [4.78, 5) is 26.8. The normalized spacial score (nSPS) is 14.8. The van der Waals surface area contributed by atoms with E-state index in [0.29, 0.717) is 18.9 Å². The number of benzene rings is 1. The summed E-state index contributed by atoms with van der Waals surface area (Å²) in [5.74, 6) is 1.11. The Morgan fingerprint density at radius 2 is 1.68 bits per heavy atom. The molecule has 2 rings (SSSR count). The molecule has 0 bridgehead atoms. The first-order chi connectivity index (χ1) is 11.9. The molecule has 1 saturated heterocycles. The lowest BCUT2D eigenvalue weighted by Crippen LogP contribution is -2.51. The molecule has 0 unspecified atom stereocenters. The summed E-state index contributed by atoms with van der Waals surface area (Å²) in [6.07, 6.45) is 3.18. The Balaban J connectivity index is 1.76. The summed E-state index contributed by atoms with van der Waals surface area (Å²) in [5, 5.41) is 2.80. The van der Waals surface area contributed by atoms with Crippen LogP contribution < -0.4 is 14.8 Å². The number of likely N-dealkylation sites (tertiary alicyclic amines) is 1. The third kappa shape index (κ3) is 5.11. The zero-order valence-electron chi connectivity index (χ0n) is 15.3. The molecule has 1 heterocycles. The van der Waals surface area contributed by atoms with Gasteiger partial charge in [-0.15, -0.1) is 0 Å². The highest BCUT2D eigenvalue weighted by Crippen LogP contribution is 2.22. The van der Waals surface area contributed by atoms with Crippen molar-refractivity contribution in [3.05, 3.63) is 24.3 Å². The van der Waals surface area contributed by atoms with E-state index in [0.717, 1.165) is 38.1 Å². The molecule has 1 N–H and O–H groups in total. The van der Waals surface area contributed by atoms with Crippen molar-refractivity contribution in [3.63, 3.8) is 0 Å². The lowest BCUT2D eigenvalue weighted by molar-refractivity contribution is -0.149. The topological polar surface area (TPSA) is 67.9 Å². The second kappa shape index (κ2) is 8.74. The number of piperidine rings is 1. The molecule has 0 saturated carbocycles. The Labute approximate surface area is 149 Å². The summed E-state index contributed by atoms with van der Waals surface area (Å²) in [5.41, 5.74) is -1.06. The monoisotopic (exact) mass is 348 g/mol. The molecule has 6 heteroatoms. The van der Waals surface area contributed by atoms with Gasteiger partial charge < -0.3 is 19.7 Å². The molecule has 1 aromatic rings. The van der Waals surface area contributed by atoms with Gasteiger partial charge in [0.1, 0.15) is 23.5 Å². The molecule has 0 aliphatic carbocycles. The fourth-order valence-electron chi connectivity index (χ4n) is 2.82. The quantitative estimate of drug-likeness (QED) is 0.606. The van der Waals surface area contributed by atoms with Crippen LogP contribution in [-0.4, -0.2) is 50.1 Å². The molecule has 0 aromatic heterocycles. The molecule has 2 amide bonds. The first-order valence-corrected chi connectivity index (χ1v) is 8.79. The largest absolute Gasteiger partial charge is 0.497 e. The highest BCUT2D eigenvalue weighted by Gasteiger charge is 2.39. The maximum absolute atomic E-state index is 12.6. The van der Waals surface area contributed by atoms with Crippen LogP contribution in [0, 0.1) is 5.41 Å². The second-order valence-electron chi connectivity index (χ2n) is 6.76. The minimum Gasteiger partial charge on any atom is -0.497 e. The number of hydrogen-bond donors (Lipinski definition) is 1. The van der Waals surface area contributed by atoms with Crippen LogP contribution in [0.5, 0.6) is 11.5 Å². The number of carbonyl (C=O) groups is 2. The SMILES string of the molecule is COc1ccc(OCCNC(=O)C(C)(C)C(=O)N2CCCCC2)cc1. The summed E-state index contributed by atoms with van der Waals surface area (Å²) in [6, 6.07) is 7.25. The van der Waals surface area contributed by atoms with Gasteiger partial charge in [-0.05, 0) is 57.4 Å². The zero-order chi connectivity index (χ0) is 18.3. The maximum atomic E-state index is 12.6. The van der Waals surface area contributed by atoms with E-state index in [1.807, 2.05) is 24.3 Å². The highest BCUT2D eigenvalue weighted by atomic mass is 16.5. The number of nitrogens with zero attached hydrogens (tertiary/aromatic N) is 1. The molecular weight excluding hydrogens is 320 g/mol. The number of methoxy groups -OCH3 is 1. The molecular formula is C19H28N2O4. The van der Waals surface area contributed by atoms with Gasteiger partial charge in [0.05, 0.1) is 13.7 Å². The third-order valence-electron chi connectivity index (χ3n) is 4.46. The Morgan fingerprint density at radius 1 is 1.08 bits per heavy atom. The van der Waals surface area contributed by atoms with Gasteiger partial charge in [-0.1, -0.05) is 0 Å². The lowest BCUT2D eigenvalue weighted by atomic mass is 9.89. The summed E-state index contributed by atoms with van der Waals surface area (Å²) < 4.78 is 10.7. The maximum Gasteiger partial charge on any atom is 0.237 e. The third-order valence-corrected chi connectivity index (χ3v) is 4.46. The predicted molar refractivity (Wildman–Crippen MR) is 95.7 cm³/mol. The molecule has 6 nitrogen and oxygen atoms in total. The van der Waals surface area contributed by atoms with Crippen molar-refractivity contribution in [3.8, 4) is 11.5 Å². The van der Waals surface area contributed by atoms with Gasteiger partial charge in [0.15, 0.2) is 0 Å². The van der Waals surface area contributed by atoms with Gasteiger partial charge in [-0.25, -0.2) is 0 Å². The van der Waals surface area contributed by atoms with E-state index in [2.05, 4.69) is 5.32 Å². The van der Waals surface area contributed by atoms with Crippen LogP contribution in [0.1, 0.15) is 33.1 Å². The van der Waals surface area contributed by atoms with Crippen LogP contribution in [0.25, 0.3) is 0 Å². The fourth-order valence-corrected chi connectivity index (χ4v) is 2.82. The average molecular weight is 348 g/mol. The first-order valence-electron chi connectivity index (χ1n) is 8.79. The number of carbonyl (C=O) groups excluding carboxylic acids is 2. The van der Waals surface area contributed by atoms with E-state index in [-0.39, 0.29) is 11.8 Å². The van der Waals surface area contributed by atoms with Gasteiger partial charge in [0.2, 0.25) is 11.8 Å². The molecule has 138 valence electrons. The second-order valence-corrected chi connectivity index (χ2v) is 6.76. The molecule has 0 atom stereocenters. The standard InChI is InChI=1S/C19H28N2O4/c1-19(2,18(23)21-12-5-4-6-13-21)17(22)20-11-14-25-16-9-7-15(24-3)8-10-16/h7-10H,4-6,11-14H2,1-3H3,(H,20,22). The number of ether oxygens (including phenoxy) is 2. The Kier molecular flexibility index (Phi) is 6.67. The fraction of sp³-hybridized carbons (Fsp3) is 0.579. The summed E-state index contributed by atoms with van der Waals surface area (Å²) in [6.45, 7) is 5.55. The van der Waals surface area contributed by atoms with E-state index >= 15 is 0 Å². The molecule has 0 spiro atoms. The molecule has 0 radical (unpaired) electrons. The van der Waals surface area contributed by atoms with E-state index in [9.17, 15) is 9.59 Å². The molecule has 1 aliphatic rings. The Bertz CT molecular complexity index is 578. The van der Waals surface area contributed by atoms with Gasteiger partial charge in [-0.2, -0.15) is 0 Å². The molecule has 1 fully saturated rings. The van der Waals surface area contributed by atoms with Crippen LogP contribution in [-0.2, 0) is 9.59 Å². The number of amides is 2. The average Bonchev–Trinajstić information content (AvgIpc) is 2.65. The van der Waals surface area contributed by atoms with Crippen molar-refractivity contribution in [2.75, 3.05) is 33.4 Å². The zero-order valence-corrected chi connectivity index (χ0v) is 15.3. The predicted octanol–water partition coefficient (Wildman–Crippen LogP) is 2.23. The number of nitrogens with one attached hydrogen (secondary N) is 1. The Hall–Kier alpha value is -2.24. The van der Waals surface area contributed by atoms with E-state index in [1.54, 1.807) is 25.9 Å². The minimum atomic E-state index is -1.06. The first kappa shape index (κ1) is 19.1. The van der Waals surface area contributed by atoms with Crippen LogP contribution in [0.15, 0.2) is 24.3 Å². The van der Waals surface area contributed by atoms with Crippen LogP contribution >= 0.6 is 0 Å². The smallest absolute Gasteiger partial charge is 0.237 e. The van der Waals surface area contributed by atoms with Crippen molar-refractivity contribution < 1.29 is 19.1 Å². The van der Waals surface area contributed by atoms with Gasteiger partial charge in [-0.3, -0.25) is 9.59 Å². The van der Waals surface area contributed by atoms with E-state index in [1.165, 1.54) is 0 Å². The van der Waals surface area contributed by atoms with Gasteiger partial charge >= 0.3 is 0 Å². The van der Waals surface area contributed by atoms with Crippen molar-refractivity contribution in [1.82, 2.24) is 10.2 Å². The number of hydrogen-bond acceptors (Lipinski definition) is 4. The highest BCUT2D eigenvalue weighted by molar-refractivity contribution is 6.04. The lowest BCUT2D eigenvalue weighted by Gasteiger charge is -2.33. The minimum absolute atomic E-state index is 0.0965. The van der Waals surface area contributed by atoms with Gasteiger partial charge in [0, 0.05) is 13.1 Å². The Morgan fingerprint density at radius 3 is 2.28 bits per heavy atom. The summed E-state index contributed by atoms with van der Waals surface area (Å²) in [7, 11) is 1.61. The van der Waals surface area contributed by atoms with E-state index in [4.69, 9.17) is 9.47 Å². The number of rotatable bonds is 7. The van der Waals surface area contributed by atoms with Crippen molar-refractivity contribution in [2.24, 2.45) is 5.41 Å². The molecule has 1 aliphatic heterocycles. The van der Waals surface area contributed by atoms with Crippen molar-refractivity contribution in [2.45, 2.75) is 33.1 Å². The summed E-state index contributed by atoms with van der Waals surface area (Å²) >= 11 is 0. The van der Waals surface area contributed by atoms with Crippen molar-refractivity contribution >= 4 is 11.8 Å². The molecule has 1 aromatic carbocycles. The van der Waals surface area contributed by atoms with Crippen LogP contribution in [0.2, 0.25) is 0 Å². The van der Waals surface area contributed by atoms with E-state index < -0.39 is 5.41 Å².